The Labute approximate surface area is 166 Å². The largest absolute Gasteiger partial charge is 0.337 e. The van der Waals surface area contributed by atoms with Crippen molar-refractivity contribution in [1.82, 2.24) is 4.90 Å². The summed E-state index contributed by atoms with van der Waals surface area (Å²) in [5.74, 6) is 1.99. The number of amides is 2. The molecule has 0 aliphatic carbocycles. The van der Waals surface area contributed by atoms with Crippen molar-refractivity contribution >= 4 is 45.2 Å². The fraction of sp³-hybridized carbons (Fsp3) is 0.300. The van der Waals surface area contributed by atoms with Gasteiger partial charge in [0.1, 0.15) is 0 Å². The van der Waals surface area contributed by atoms with E-state index in [4.69, 9.17) is 0 Å². The normalized spacial score (nSPS) is 14.2. The van der Waals surface area contributed by atoms with E-state index in [0.29, 0.717) is 12.0 Å². The number of rotatable bonds is 4. The minimum Gasteiger partial charge on any atom is -0.337 e. The highest BCUT2D eigenvalue weighted by atomic mass is 79.9. The Morgan fingerprint density at radius 3 is 2.46 bits per heavy atom. The first-order valence-electron chi connectivity index (χ1n) is 8.55. The number of hydrogen-bond acceptors (Lipinski definition) is 3. The lowest BCUT2D eigenvalue weighted by molar-refractivity contribution is -0.115. The molecule has 2 amide bonds. The van der Waals surface area contributed by atoms with Gasteiger partial charge in [-0.1, -0.05) is 28.1 Å². The van der Waals surface area contributed by atoms with Crippen molar-refractivity contribution in [2.45, 2.75) is 13.3 Å². The standard InChI is InChI=1S/C20H21BrN2O2S/c1-14-12-16(20(25)23-8-10-26-11-9-23)4-7-18(14)22-19(24)13-15-2-5-17(21)6-3-15/h2-7,12H,8-11,13H2,1H3,(H,22,24). The van der Waals surface area contributed by atoms with Crippen LogP contribution in [0.25, 0.3) is 0 Å². The number of halogens is 1. The Morgan fingerprint density at radius 1 is 1.12 bits per heavy atom. The number of nitrogens with zero attached hydrogens (tertiary/aromatic N) is 1. The van der Waals surface area contributed by atoms with Crippen LogP contribution in [0.4, 0.5) is 5.69 Å². The lowest BCUT2D eigenvalue weighted by Crippen LogP contribution is -2.37. The van der Waals surface area contributed by atoms with Gasteiger partial charge in [0.05, 0.1) is 6.42 Å². The molecule has 0 aromatic heterocycles. The van der Waals surface area contributed by atoms with Gasteiger partial charge in [-0.05, 0) is 48.4 Å². The number of carbonyl (C=O) groups is 2. The maximum atomic E-state index is 12.6. The zero-order valence-electron chi connectivity index (χ0n) is 14.6. The third kappa shape index (κ3) is 4.89. The van der Waals surface area contributed by atoms with Crippen molar-refractivity contribution in [3.05, 3.63) is 63.6 Å². The van der Waals surface area contributed by atoms with Crippen molar-refractivity contribution < 1.29 is 9.59 Å². The molecular formula is C20H21BrN2O2S. The first-order valence-corrected chi connectivity index (χ1v) is 10.5. The van der Waals surface area contributed by atoms with E-state index in [9.17, 15) is 9.59 Å². The highest BCUT2D eigenvalue weighted by molar-refractivity contribution is 9.10. The summed E-state index contributed by atoms with van der Waals surface area (Å²) in [4.78, 5) is 26.8. The number of carbonyl (C=O) groups excluding carboxylic acids is 2. The molecule has 6 heteroatoms. The minimum atomic E-state index is -0.0671. The van der Waals surface area contributed by atoms with E-state index < -0.39 is 0 Å². The topological polar surface area (TPSA) is 49.4 Å². The highest BCUT2D eigenvalue weighted by Crippen LogP contribution is 2.20. The summed E-state index contributed by atoms with van der Waals surface area (Å²) in [6.45, 7) is 3.51. The van der Waals surface area contributed by atoms with Gasteiger partial charge in [0.25, 0.3) is 5.91 Å². The molecule has 0 bridgehead atoms. The molecule has 1 saturated heterocycles. The Balaban J connectivity index is 1.64. The lowest BCUT2D eigenvalue weighted by atomic mass is 10.1. The van der Waals surface area contributed by atoms with Crippen LogP contribution in [-0.4, -0.2) is 41.3 Å². The van der Waals surface area contributed by atoms with Gasteiger partial charge in [-0.2, -0.15) is 11.8 Å². The van der Waals surface area contributed by atoms with E-state index in [0.717, 1.165) is 45.9 Å². The third-order valence-electron chi connectivity index (χ3n) is 4.32. The van der Waals surface area contributed by atoms with Gasteiger partial charge in [-0.15, -0.1) is 0 Å². The van der Waals surface area contributed by atoms with Gasteiger partial charge in [-0.25, -0.2) is 0 Å². The van der Waals surface area contributed by atoms with E-state index in [-0.39, 0.29) is 11.8 Å². The highest BCUT2D eigenvalue weighted by Gasteiger charge is 2.19. The summed E-state index contributed by atoms with van der Waals surface area (Å²) >= 11 is 5.27. The van der Waals surface area contributed by atoms with Crippen molar-refractivity contribution in [3.8, 4) is 0 Å². The first kappa shape index (κ1) is 19.0. The smallest absolute Gasteiger partial charge is 0.253 e. The van der Waals surface area contributed by atoms with Crippen molar-refractivity contribution in [1.29, 1.82) is 0 Å². The van der Waals surface area contributed by atoms with Crippen LogP contribution in [-0.2, 0) is 11.2 Å². The van der Waals surface area contributed by atoms with Crippen LogP contribution in [0.1, 0.15) is 21.5 Å². The first-order chi connectivity index (χ1) is 12.5. The fourth-order valence-corrected chi connectivity index (χ4v) is 4.04. The molecule has 0 atom stereocenters. The average Bonchev–Trinajstić information content (AvgIpc) is 2.65. The van der Waals surface area contributed by atoms with Crippen LogP contribution in [0, 0.1) is 6.92 Å². The minimum absolute atomic E-state index is 0.0671. The number of benzene rings is 2. The molecule has 4 nitrogen and oxygen atoms in total. The zero-order valence-corrected chi connectivity index (χ0v) is 17.0. The Morgan fingerprint density at radius 2 is 1.81 bits per heavy atom. The van der Waals surface area contributed by atoms with Crippen LogP contribution < -0.4 is 5.32 Å². The van der Waals surface area contributed by atoms with Crippen molar-refractivity contribution in [2.24, 2.45) is 0 Å². The number of thioether (sulfide) groups is 1. The summed E-state index contributed by atoms with van der Waals surface area (Å²) in [6, 6.07) is 13.2. The second kappa shape index (κ2) is 8.73. The van der Waals surface area contributed by atoms with Crippen molar-refractivity contribution in [3.63, 3.8) is 0 Å². The zero-order chi connectivity index (χ0) is 18.5. The molecule has 1 aliphatic rings. The van der Waals surface area contributed by atoms with E-state index in [2.05, 4.69) is 21.2 Å². The molecule has 0 spiro atoms. The summed E-state index contributed by atoms with van der Waals surface area (Å²) in [5.41, 5.74) is 3.28. The van der Waals surface area contributed by atoms with E-state index in [1.54, 1.807) is 6.07 Å². The molecule has 136 valence electrons. The van der Waals surface area contributed by atoms with Gasteiger partial charge in [0.15, 0.2) is 0 Å². The number of aryl methyl sites for hydroxylation is 1. The van der Waals surface area contributed by atoms with Crippen LogP contribution in [0.2, 0.25) is 0 Å². The second-order valence-electron chi connectivity index (χ2n) is 6.29. The second-order valence-corrected chi connectivity index (χ2v) is 8.43. The van der Waals surface area contributed by atoms with Crippen LogP contribution in [0.15, 0.2) is 46.9 Å². The predicted octanol–water partition coefficient (Wildman–Crippen LogP) is 4.13. The Kier molecular flexibility index (Phi) is 6.38. The summed E-state index contributed by atoms with van der Waals surface area (Å²) in [6.07, 6.45) is 0.318. The molecule has 0 saturated carbocycles. The van der Waals surface area contributed by atoms with Gasteiger partial charge in [0, 0.05) is 40.3 Å². The van der Waals surface area contributed by atoms with E-state index in [1.807, 2.05) is 60.0 Å². The number of anilines is 1. The molecule has 2 aromatic carbocycles. The fourth-order valence-electron chi connectivity index (χ4n) is 2.87. The third-order valence-corrected chi connectivity index (χ3v) is 5.79. The van der Waals surface area contributed by atoms with Gasteiger partial charge in [-0.3, -0.25) is 9.59 Å². The quantitative estimate of drug-likeness (QED) is 0.789. The number of nitrogens with one attached hydrogen (secondary N) is 1. The molecular weight excluding hydrogens is 412 g/mol. The van der Waals surface area contributed by atoms with Crippen molar-refractivity contribution in [2.75, 3.05) is 29.9 Å². The van der Waals surface area contributed by atoms with E-state index >= 15 is 0 Å². The molecule has 1 aliphatic heterocycles. The molecule has 26 heavy (non-hydrogen) atoms. The SMILES string of the molecule is Cc1cc(C(=O)N2CCSCC2)ccc1NC(=O)Cc1ccc(Br)cc1. The van der Waals surface area contributed by atoms with Crippen LogP contribution in [0.5, 0.6) is 0 Å². The van der Waals surface area contributed by atoms with E-state index in [1.165, 1.54) is 0 Å². The maximum absolute atomic E-state index is 12.6. The molecule has 2 aromatic rings. The molecule has 3 rings (SSSR count). The Hall–Kier alpha value is -1.79. The average molecular weight is 433 g/mol. The van der Waals surface area contributed by atoms with Crippen LogP contribution in [0.3, 0.4) is 0 Å². The van der Waals surface area contributed by atoms with Crippen LogP contribution >= 0.6 is 27.7 Å². The Bertz CT molecular complexity index is 802. The molecule has 1 N–H and O–H groups in total. The predicted molar refractivity (Wildman–Crippen MR) is 111 cm³/mol. The molecule has 1 heterocycles. The van der Waals surface area contributed by atoms with Gasteiger partial charge >= 0.3 is 0 Å². The molecule has 0 radical (unpaired) electrons. The monoisotopic (exact) mass is 432 g/mol. The molecule has 1 fully saturated rings. The molecule has 0 unspecified atom stereocenters. The summed E-state index contributed by atoms with van der Waals surface area (Å²) in [5, 5.41) is 2.94. The van der Waals surface area contributed by atoms with Gasteiger partial charge < -0.3 is 10.2 Å². The number of hydrogen-bond donors (Lipinski definition) is 1. The maximum Gasteiger partial charge on any atom is 0.253 e. The van der Waals surface area contributed by atoms with Gasteiger partial charge in [0.2, 0.25) is 5.91 Å². The lowest BCUT2D eigenvalue weighted by Gasteiger charge is -2.26. The summed E-state index contributed by atoms with van der Waals surface area (Å²) in [7, 11) is 0. The summed E-state index contributed by atoms with van der Waals surface area (Å²) < 4.78 is 0.991.